The molecule has 4 N–H and O–H groups in total. The second-order valence-electron chi connectivity index (χ2n) is 18.0. The summed E-state index contributed by atoms with van der Waals surface area (Å²) >= 11 is 16.5. The fourth-order valence-corrected chi connectivity index (χ4v) is 6.08. The summed E-state index contributed by atoms with van der Waals surface area (Å²) in [5.74, 6) is -7.93. The van der Waals surface area contributed by atoms with Gasteiger partial charge >= 0.3 is 30.0 Å². The van der Waals surface area contributed by atoms with Crippen molar-refractivity contribution in [3.63, 3.8) is 0 Å². The van der Waals surface area contributed by atoms with Crippen LogP contribution in [0.5, 0.6) is 29.4 Å². The quantitative estimate of drug-likeness (QED) is 0.0277. The van der Waals surface area contributed by atoms with Gasteiger partial charge in [0, 0.05) is 24.5 Å². The summed E-state index contributed by atoms with van der Waals surface area (Å²) in [4.78, 5) is 76.8. The van der Waals surface area contributed by atoms with Crippen LogP contribution in [-0.4, -0.2) is 125 Å². The summed E-state index contributed by atoms with van der Waals surface area (Å²) in [6, 6.07) is 6.10. The molecular weight excluding hydrogens is 1260 g/mol. The van der Waals surface area contributed by atoms with Gasteiger partial charge in [0.1, 0.15) is 21.5 Å². The fourth-order valence-electron chi connectivity index (χ4n) is 5.47. The third kappa shape index (κ3) is 29.7. The maximum Gasteiger partial charge on any atom is 0.412 e. The highest BCUT2D eigenvalue weighted by Crippen LogP contribution is 2.25. The highest BCUT2D eigenvalue weighted by Gasteiger charge is 2.20. The Labute approximate surface area is 523 Å². The van der Waals surface area contributed by atoms with Gasteiger partial charge in [0.15, 0.2) is 40.1 Å². The molecule has 0 unspecified atom stereocenters. The van der Waals surface area contributed by atoms with E-state index < -0.39 is 70.5 Å². The zero-order chi connectivity index (χ0) is 67.4. The Morgan fingerprint density at radius 3 is 1.24 bits per heavy atom. The standard InChI is InChI=1S/C13H19FN2O3.C10H11ClFNO3.C10H12FNO3.C9H10FNO3.C8H11FN2O.C7H4Cl2FNO2/c1-5-6-18-11-10(14)7-9(8-15-11)16-12(17)19-13(2,3)4;1-3-4-16-9-7(12)5-6(8(11)13-9)10(14)15-2;1-3-4-15-9-8(11)5-7(6-12-9)10(13)14-2;1-2-3-14-8-7(10)4-6(5-11-8)9(12)13;1-2-3-12-8-7(9)4-6(10)5-11-8;1-13-7(12)3-2-4(10)6(9)11-5(3)8/h7-8H,5-6H2,1-4H3,(H,16,17);5H,3-4H2,1-2H3;5-6H,3-4H2,1-2H3;4-5H,2-3H2,1H3,(H,12,13);4-5H,2-3,10H2,1H3;2H,1H3. The number of nitrogen functional groups attached to an aromatic ring is 1. The number of nitrogens with zero attached hydrogens (tertiary/aromatic N) is 6. The van der Waals surface area contributed by atoms with Crippen LogP contribution in [-0.2, 0) is 18.9 Å². The van der Waals surface area contributed by atoms with Crippen molar-refractivity contribution in [1.29, 1.82) is 0 Å². The van der Waals surface area contributed by atoms with Crippen molar-refractivity contribution in [2.45, 2.75) is 93.1 Å². The number of carbonyl (C=O) groups excluding carboxylic acids is 4. The Balaban J connectivity index is 0.000000537. The Hall–Kier alpha value is -8.70. The molecule has 6 heterocycles. The molecule has 488 valence electrons. The van der Waals surface area contributed by atoms with Gasteiger partial charge in [-0.25, -0.2) is 75.2 Å². The number of esters is 3. The molecule has 0 aliphatic heterocycles. The molecule has 6 aromatic heterocycles. The van der Waals surface area contributed by atoms with Gasteiger partial charge in [-0.2, -0.15) is 4.98 Å². The third-order valence-electron chi connectivity index (χ3n) is 9.37. The van der Waals surface area contributed by atoms with E-state index in [4.69, 9.17) is 74.1 Å². The van der Waals surface area contributed by atoms with Gasteiger partial charge in [-0.15, -0.1) is 0 Å². The van der Waals surface area contributed by atoms with E-state index in [-0.39, 0.29) is 72.8 Å². The smallest absolute Gasteiger partial charge is 0.412 e. The van der Waals surface area contributed by atoms with E-state index in [0.29, 0.717) is 38.7 Å². The van der Waals surface area contributed by atoms with Gasteiger partial charge < -0.3 is 53.5 Å². The molecule has 0 spiro atoms. The Morgan fingerprint density at radius 1 is 0.483 bits per heavy atom. The van der Waals surface area contributed by atoms with Crippen LogP contribution in [0.15, 0.2) is 61.2 Å². The molecule has 0 atom stereocenters. The first kappa shape index (κ1) is 78.3. The molecule has 23 nitrogen and oxygen atoms in total. The van der Waals surface area contributed by atoms with Crippen molar-refractivity contribution in [1.82, 2.24) is 29.9 Å². The summed E-state index contributed by atoms with van der Waals surface area (Å²) in [5, 5.41) is 10.2. The van der Waals surface area contributed by atoms with E-state index in [1.54, 1.807) is 20.8 Å². The summed E-state index contributed by atoms with van der Waals surface area (Å²) < 4.78 is 122. The van der Waals surface area contributed by atoms with Crippen LogP contribution in [0.3, 0.4) is 0 Å². The molecule has 6 aromatic rings. The zero-order valence-corrected chi connectivity index (χ0v) is 52.4. The van der Waals surface area contributed by atoms with Crippen molar-refractivity contribution in [3.05, 3.63) is 134 Å². The Bertz CT molecular complexity index is 3250. The molecule has 6 rings (SSSR count). The predicted octanol–water partition coefficient (Wildman–Crippen LogP) is 13.2. The molecule has 0 aliphatic carbocycles. The van der Waals surface area contributed by atoms with E-state index >= 15 is 0 Å². The largest absolute Gasteiger partial charge is 0.478 e. The lowest BCUT2D eigenvalue weighted by Gasteiger charge is -2.19. The molecule has 0 saturated heterocycles. The topological polar surface area (TPSA) is 304 Å². The third-order valence-corrected chi connectivity index (χ3v) is 10.2. The molecule has 0 radical (unpaired) electrons. The summed E-state index contributed by atoms with van der Waals surface area (Å²) in [6.45, 7) is 16.7. The number of aromatic carboxylic acids is 1. The molecule has 0 aromatic carbocycles. The van der Waals surface area contributed by atoms with E-state index in [1.165, 1.54) is 38.9 Å². The van der Waals surface area contributed by atoms with E-state index in [0.717, 1.165) is 75.7 Å². The van der Waals surface area contributed by atoms with Crippen molar-refractivity contribution >= 4 is 76.1 Å². The first-order valence-electron chi connectivity index (χ1n) is 26.4. The Morgan fingerprint density at radius 2 is 0.843 bits per heavy atom. The number of hydrogen-bond donors (Lipinski definition) is 3. The second kappa shape index (κ2) is 41.5. The van der Waals surface area contributed by atoms with Crippen LogP contribution < -0.4 is 34.7 Å². The van der Waals surface area contributed by atoms with Gasteiger partial charge in [0.2, 0.25) is 11.8 Å². The number of carboxylic acids is 1. The van der Waals surface area contributed by atoms with Gasteiger partial charge in [-0.3, -0.25) is 5.32 Å². The predicted molar refractivity (Wildman–Crippen MR) is 314 cm³/mol. The summed E-state index contributed by atoms with van der Waals surface area (Å²) in [6.07, 6.45) is 8.13. The number of halogens is 9. The van der Waals surface area contributed by atoms with Gasteiger partial charge in [-0.05, 0) is 77.1 Å². The number of carboxylic acid groups (broad SMARTS) is 1. The van der Waals surface area contributed by atoms with Gasteiger partial charge in [0.25, 0.3) is 17.6 Å². The molecule has 32 heteroatoms. The SMILES string of the molecule is CCCOc1nc(Cl)c(C(=O)OC)cc1F.CCCOc1ncc(C(=O)O)cc1F.CCCOc1ncc(C(=O)OC)cc1F.CCCOc1ncc(N)cc1F.CCCOc1ncc(NC(=O)OC(C)(C)C)cc1F.COC(=O)c1cc(F)c(Cl)nc1Cl. The maximum atomic E-state index is 13.6. The van der Waals surface area contributed by atoms with E-state index in [1.807, 2.05) is 34.6 Å². The molecule has 1 amide bonds. The van der Waals surface area contributed by atoms with E-state index in [9.17, 15) is 50.3 Å². The average Bonchev–Trinajstić information content (AvgIpc) is 3.70. The number of pyridine rings is 6. The van der Waals surface area contributed by atoms with Crippen LogP contribution in [0.2, 0.25) is 15.5 Å². The number of amides is 1. The van der Waals surface area contributed by atoms with Crippen LogP contribution in [0, 0.1) is 34.9 Å². The summed E-state index contributed by atoms with van der Waals surface area (Å²) in [5.41, 5.74) is 4.82. The second-order valence-corrected chi connectivity index (χ2v) is 19.0. The van der Waals surface area contributed by atoms with Crippen molar-refractivity contribution in [2.24, 2.45) is 0 Å². The van der Waals surface area contributed by atoms with Crippen LogP contribution >= 0.6 is 34.8 Å². The van der Waals surface area contributed by atoms with Crippen molar-refractivity contribution in [2.75, 3.05) is 65.4 Å². The lowest BCUT2D eigenvalue weighted by atomic mass is 10.2. The van der Waals surface area contributed by atoms with Crippen molar-refractivity contribution in [3.8, 4) is 29.4 Å². The maximum absolute atomic E-state index is 13.6. The van der Waals surface area contributed by atoms with Crippen LogP contribution in [0.4, 0.5) is 42.5 Å². The van der Waals surface area contributed by atoms with Gasteiger partial charge in [-0.1, -0.05) is 69.4 Å². The van der Waals surface area contributed by atoms with E-state index in [2.05, 4.69) is 49.4 Å². The minimum atomic E-state index is -1.21. The first-order valence-corrected chi connectivity index (χ1v) is 27.6. The lowest BCUT2D eigenvalue weighted by Crippen LogP contribution is -2.27. The van der Waals surface area contributed by atoms with Gasteiger partial charge in [0.05, 0.1) is 94.8 Å². The fraction of sp³-hybridized carbons (Fsp3) is 0.386. The van der Waals surface area contributed by atoms with Crippen LogP contribution in [0.1, 0.15) is 129 Å². The average molecular weight is 1320 g/mol. The molecule has 0 aliphatic rings. The number of nitrogens with one attached hydrogen (secondary N) is 1. The summed E-state index contributed by atoms with van der Waals surface area (Å²) in [7, 11) is 3.56. The van der Waals surface area contributed by atoms with Crippen LogP contribution in [0.25, 0.3) is 0 Å². The monoisotopic (exact) mass is 1320 g/mol. The highest BCUT2D eigenvalue weighted by atomic mass is 35.5. The minimum absolute atomic E-state index is 0.0195. The number of hydrogen-bond acceptors (Lipinski definition) is 21. The normalized spacial score (nSPS) is 10.1. The Kier molecular flexibility index (Phi) is 36.5. The van der Waals surface area contributed by atoms with Crippen molar-refractivity contribution < 1.29 is 98.1 Å². The molecule has 89 heavy (non-hydrogen) atoms. The number of ether oxygens (including phenoxy) is 9. The minimum Gasteiger partial charge on any atom is -0.478 e. The zero-order valence-electron chi connectivity index (χ0n) is 50.2. The number of rotatable bonds is 20. The highest BCUT2D eigenvalue weighted by molar-refractivity contribution is 6.34. The molecule has 0 fully saturated rings. The number of aromatic nitrogens is 6. The number of nitrogens with two attached hydrogens (primary N) is 1. The number of carbonyl (C=O) groups is 5. The molecule has 0 bridgehead atoms. The number of methoxy groups -OCH3 is 3. The number of anilines is 2. The lowest BCUT2D eigenvalue weighted by molar-refractivity contribution is 0.0590. The molecule has 0 saturated carbocycles. The molecular formula is C57H67Cl3F6N8O15. The first-order chi connectivity index (χ1) is 42.0.